The number of ether oxygens (including phenoxy) is 2. The Balaban J connectivity index is 1.53. The molecule has 0 aliphatic carbocycles. The van der Waals surface area contributed by atoms with E-state index < -0.39 is 11.9 Å². The summed E-state index contributed by atoms with van der Waals surface area (Å²) in [6.45, 7) is 0.0903. The van der Waals surface area contributed by atoms with E-state index in [1.165, 1.54) is 24.8 Å². The van der Waals surface area contributed by atoms with Gasteiger partial charge < -0.3 is 20.1 Å². The number of carbonyl (C=O) groups excluding carboxylic acids is 3. The van der Waals surface area contributed by atoms with E-state index in [9.17, 15) is 14.4 Å². The van der Waals surface area contributed by atoms with Crippen LogP contribution in [0, 0.1) is 0 Å². The van der Waals surface area contributed by atoms with Crippen molar-refractivity contribution in [2.24, 2.45) is 0 Å². The Bertz CT molecular complexity index is 1350. The molecule has 172 valence electrons. The molecule has 34 heavy (non-hydrogen) atoms. The summed E-state index contributed by atoms with van der Waals surface area (Å²) in [5.74, 6) is -0.818. The molecule has 4 aromatic rings. The molecule has 10 nitrogen and oxygen atoms in total. The Hall–Kier alpha value is -4.73. The van der Waals surface area contributed by atoms with Gasteiger partial charge >= 0.3 is 5.97 Å². The maximum absolute atomic E-state index is 12.7. The zero-order chi connectivity index (χ0) is 24.1. The number of hydrogen-bond acceptors (Lipinski definition) is 7. The third kappa shape index (κ3) is 5.01. The van der Waals surface area contributed by atoms with Gasteiger partial charge in [-0.25, -0.2) is 14.3 Å². The average Bonchev–Trinajstić information content (AvgIpc) is 3.31. The van der Waals surface area contributed by atoms with Crippen molar-refractivity contribution in [3.63, 3.8) is 0 Å². The van der Waals surface area contributed by atoms with Gasteiger partial charge in [0.25, 0.3) is 11.8 Å². The largest absolute Gasteiger partial charge is 0.497 e. The van der Waals surface area contributed by atoms with Crippen LogP contribution in [0.15, 0.2) is 67.0 Å². The predicted octanol–water partition coefficient (Wildman–Crippen LogP) is 2.71. The lowest BCUT2D eigenvalue weighted by Crippen LogP contribution is -2.23. The van der Waals surface area contributed by atoms with Crippen LogP contribution >= 0.6 is 0 Å². The Morgan fingerprint density at radius 2 is 1.82 bits per heavy atom. The first kappa shape index (κ1) is 22.5. The summed E-state index contributed by atoms with van der Waals surface area (Å²) in [5, 5.41) is 9.72. The van der Waals surface area contributed by atoms with E-state index in [-0.39, 0.29) is 23.7 Å². The van der Waals surface area contributed by atoms with Gasteiger partial charge in [-0.2, -0.15) is 5.10 Å². The topological polar surface area (TPSA) is 124 Å². The molecule has 0 radical (unpaired) electrons. The fraction of sp³-hybridized carbons (Fsp3) is 0.125. The van der Waals surface area contributed by atoms with Gasteiger partial charge in [-0.15, -0.1) is 0 Å². The Kier molecular flexibility index (Phi) is 6.49. The van der Waals surface area contributed by atoms with Crippen molar-refractivity contribution >= 4 is 29.1 Å². The van der Waals surface area contributed by atoms with Gasteiger partial charge in [-0.05, 0) is 48.0 Å². The number of rotatable bonds is 7. The van der Waals surface area contributed by atoms with E-state index in [1.807, 2.05) is 0 Å². The summed E-state index contributed by atoms with van der Waals surface area (Å²) >= 11 is 0. The second-order valence-corrected chi connectivity index (χ2v) is 7.23. The summed E-state index contributed by atoms with van der Waals surface area (Å²) in [5.41, 5.74) is 2.32. The highest BCUT2D eigenvalue weighted by molar-refractivity contribution is 6.05. The molecule has 2 heterocycles. The molecule has 2 amide bonds. The number of hydrogen-bond donors (Lipinski definition) is 2. The zero-order valence-electron chi connectivity index (χ0n) is 18.4. The van der Waals surface area contributed by atoms with Crippen LogP contribution < -0.4 is 15.4 Å². The van der Waals surface area contributed by atoms with Crippen LogP contribution in [0.3, 0.4) is 0 Å². The first-order valence-electron chi connectivity index (χ1n) is 10.2. The van der Waals surface area contributed by atoms with Crippen LogP contribution in [0.2, 0.25) is 0 Å². The number of aromatic nitrogens is 3. The third-order valence-corrected chi connectivity index (χ3v) is 4.93. The minimum atomic E-state index is -0.573. The van der Waals surface area contributed by atoms with E-state index in [4.69, 9.17) is 9.47 Å². The minimum Gasteiger partial charge on any atom is -0.497 e. The summed E-state index contributed by atoms with van der Waals surface area (Å²) in [4.78, 5) is 41.6. The number of nitrogens with one attached hydrogen (secondary N) is 2. The lowest BCUT2D eigenvalue weighted by Gasteiger charge is -2.11. The van der Waals surface area contributed by atoms with E-state index in [0.29, 0.717) is 28.2 Å². The molecule has 0 bridgehead atoms. The van der Waals surface area contributed by atoms with Gasteiger partial charge in [-0.3, -0.25) is 9.59 Å². The van der Waals surface area contributed by atoms with Gasteiger partial charge in [0, 0.05) is 36.3 Å². The lowest BCUT2D eigenvalue weighted by molar-refractivity contribution is 0.0600. The van der Waals surface area contributed by atoms with Crippen molar-refractivity contribution in [1.82, 2.24) is 19.9 Å². The molecule has 0 saturated carbocycles. The smallest absolute Gasteiger partial charge is 0.337 e. The number of nitrogens with zero attached hydrogens (tertiary/aromatic N) is 3. The molecule has 2 aromatic heterocycles. The van der Waals surface area contributed by atoms with Crippen LogP contribution in [0.1, 0.15) is 36.8 Å². The van der Waals surface area contributed by atoms with Gasteiger partial charge in [0.05, 0.1) is 19.8 Å². The number of anilines is 1. The van der Waals surface area contributed by atoms with Crippen LogP contribution in [0.25, 0.3) is 5.65 Å². The molecule has 0 unspecified atom stereocenters. The molecule has 0 saturated heterocycles. The first-order chi connectivity index (χ1) is 16.5. The van der Waals surface area contributed by atoms with Crippen LogP contribution in [0.5, 0.6) is 5.75 Å². The summed E-state index contributed by atoms with van der Waals surface area (Å²) in [6, 6.07) is 14.7. The van der Waals surface area contributed by atoms with Gasteiger partial charge in [0.2, 0.25) is 0 Å². The minimum absolute atomic E-state index is 0.0903. The van der Waals surface area contributed by atoms with Gasteiger partial charge in [-0.1, -0.05) is 6.07 Å². The maximum Gasteiger partial charge on any atom is 0.337 e. The van der Waals surface area contributed by atoms with Gasteiger partial charge in [0.1, 0.15) is 5.75 Å². The molecule has 4 rings (SSSR count). The highest BCUT2D eigenvalue weighted by Crippen LogP contribution is 2.19. The Morgan fingerprint density at radius 1 is 0.971 bits per heavy atom. The van der Waals surface area contributed by atoms with Gasteiger partial charge in [0.15, 0.2) is 11.3 Å². The van der Waals surface area contributed by atoms with E-state index in [1.54, 1.807) is 60.9 Å². The lowest BCUT2D eigenvalue weighted by atomic mass is 10.1. The number of fused-ring (bicyclic) bond motifs is 1. The molecule has 0 atom stereocenters. The normalized spacial score (nSPS) is 10.5. The third-order valence-electron chi connectivity index (χ3n) is 4.93. The van der Waals surface area contributed by atoms with Crippen molar-refractivity contribution in [3.8, 4) is 5.75 Å². The number of esters is 1. The molecule has 2 aromatic carbocycles. The van der Waals surface area contributed by atoms with Crippen molar-refractivity contribution in [1.29, 1.82) is 0 Å². The average molecular weight is 459 g/mol. The highest BCUT2D eigenvalue weighted by Gasteiger charge is 2.15. The number of amides is 2. The van der Waals surface area contributed by atoms with Crippen LogP contribution in [-0.2, 0) is 11.3 Å². The van der Waals surface area contributed by atoms with Crippen LogP contribution in [0.4, 0.5) is 5.69 Å². The zero-order valence-corrected chi connectivity index (χ0v) is 18.4. The SMILES string of the molecule is COC(=O)c1cc(CNC(=O)c2cc3ncccn3n2)cc(NC(=O)c2cccc(OC)c2)c1. The quantitative estimate of drug-likeness (QED) is 0.407. The summed E-state index contributed by atoms with van der Waals surface area (Å²) in [7, 11) is 2.78. The maximum atomic E-state index is 12.7. The first-order valence-corrected chi connectivity index (χ1v) is 10.2. The number of benzene rings is 2. The molecule has 0 aliphatic rings. The number of methoxy groups -OCH3 is 2. The predicted molar refractivity (Wildman–Crippen MR) is 123 cm³/mol. The molecular formula is C24H21N5O5. The van der Waals surface area contributed by atoms with E-state index in [2.05, 4.69) is 20.7 Å². The Labute approximate surface area is 194 Å². The highest BCUT2D eigenvalue weighted by atomic mass is 16.5. The summed E-state index contributed by atoms with van der Waals surface area (Å²) < 4.78 is 11.5. The van der Waals surface area contributed by atoms with Crippen molar-refractivity contribution in [2.75, 3.05) is 19.5 Å². The van der Waals surface area contributed by atoms with Crippen LogP contribution in [-0.4, -0.2) is 46.6 Å². The molecule has 2 N–H and O–H groups in total. The molecule has 0 spiro atoms. The second kappa shape index (κ2) is 9.82. The second-order valence-electron chi connectivity index (χ2n) is 7.23. The van der Waals surface area contributed by atoms with E-state index in [0.717, 1.165) is 0 Å². The monoisotopic (exact) mass is 459 g/mol. The van der Waals surface area contributed by atoms with E-state index >= 15 is 0 Å². The summed E-state index contributed by atoms with van der Waals surface area (Å²) in [6.07, 6.45) is 3.30. The molecule has 0 aliphatic heterocycles. The van der Waals surface area contributed by atoms with Crippen molar-refractivity contribution < 1.29 is 23.9 Å². The Morgan fingerprint density at radius 3 is 2.59 bits per heavy atom. The molecule has 0 fully saturated rings. The van der Waals surface area contributed by atoms with Crippen molar-refractivity contribution in [3.05, 3.63) is 89.4 Å². The molecular weight excluding hydrogens is 438 g/mol. The van der Waals surface area contributed by atoms with Crippen molar-refractivity contribution in [2.45, 2.75) is 6.54 Å². The molecule has 10 heteroatoms. The standard InChI is InChI=1S/C24H21N5O5/c1-33-19-6-3-5-16(12-19)22(30)27-18-10-15(9-17(11-18)24(32)34-2)14-26-23(31)20-13-21-25-7-4-8-29(21)28-20/h3-13H,14H2,1-2H3,(H,26,31)(H,27,30). The number of carbonyl (C=O) groups is 3. The fourth-order valence-electron chi connectivity index (χ4n) is 3.28. The fourth-order valence-corrected chi connectivity index (χ4v) is 3.28.